The fourth-order valence-electron chi connectivity index (χ4n) is 14.1. The molecule has 0 aliphatic rings. The number of hydrogen-bond acceptors (Lipinski definition) is 2. The van der Waals surface area contributed by atoms with Gasteiger partial charge in [0.25, 0.3) is 0 Å². The van der Waals surface area contributed by atoms with E-state index in [-0.39, 0.29) is 0 Å². The molecule has 6 heteroatoms. The zero-order chi connectivity index (χ0) is 69.3. The molecule has 0 radical (unpaired) electrons. The van der Waals surface area contributed by atoms with Crippen LogP contribution in [-0.4, -0.2) is 0 Å². The van der Waals surface area contributed by atoms with Gasteiger partial charge in [0, 0.05) is 74.2 Å². The molecule has 0 amide bonds. The van der Waals surface area contributed by atoms with Crippen molar-refractivity contribution in [1.29, 1.82) is 0 Å². The summed E-state index contributed by atoms with van der Waals surface area (Å²) in [5, 5.41) is 13.6. The molecule has 18 rings (SSSR count). The number of benzene rings is 16. The lowest BCUT2D eigenvalue weighted by Gasteiger charge is -2.30. The van der Waals surface area contributed by atoms with Crippen molar-refractivity contribution in [2.45, 2.75) is 6.42 Å². The van der Waals surface area contributed by atoms with E-state index >= 15 is 0 Å². The first kappa shape index (κ1) is 66.2. The molecular weight excluding hydrogens is 1410 g/mol. The molecule has 0 saturated heterocycles. The Morgan fingerprint density at radius 1 is 0.194 bits per heavy atom. The molecule has 0 N–H and O–H groups in total. The predicted molar refractivity (Wildman–Crippen MR) is 453 cm³/mol. The van der Waals surface area contributed by atoms with Gasteiger partial charge >= 0.3 is 0 Å². The van der Waals surface area contributed by atoms with Gasteiger partial charge < -0.3 is 9.80 Å². The average molecular weight is 1490 g/mol. The Balaban J connectivity index is 0.000000148. The first-order valence-electron chi connectivity index (χ1n) is 34.8. The van der Waals surface area contributed by atoms with Crippen LogP contribution in [0.25, 0.3) is 97.1 Å². The quantitative estimate of drug-likeness (QED) is 0.107. The van der Waals surface area contributed by atoms with E-state index in [2.05, 4.69) is 454 Å². The molecule has 0 bridgehead atoms. The molecule has 0 unspecified atom stereocenters. The minimum atomic E-state index is -0.945. The van der Waals surface area contributed by atoms with Gasteiger partial charge in [0.05, 0.1) is 0 Å². The number of rotatable bonds is 14. The van der Waals surface area contributed by atoms with Crippen LogP contribution in [0.2, 0.25) is 0 Å². The monoisotopic (exact) mass is 1480 g/mol. The normalized spacial score (nSPS) is 11.0. The summed E-state index contributed by atoms with van der Waals surface area (Å²) in [5.74, 6) is 0. The fourth-order valence-corrected chi connectivity index (χ4v) is 21.0. The second-order valence-electron chi connectivity index (χ2n) is 25.6. The molecule has 0 aliphatic carbocycles. The smallest absolute Gasteiger partial charge is 0.0491 e. The Morgan fingerprint density at radius 2 is 0.427 bits per heavy atom. The zero-order valence-electron chi connectivity index (χ0n) is 56.5. The standard InChI is InChI=1S/C54H39N2P.C30H19Br2P.C13H12/c1-7-19-40(20-8-1)42-31-33-53-51(35-42)52-36-43(41-21-9-2-10-22-41)32-34-54(52)57(53)50-38-48(55(44-23-11-3-12-24-44)45-25-13-4-14-26-45)37-49(39-50)56(46-27-15-5-16-28-46)47-29-17-6-18-30-47;31-24-17-25(32)19-26(18-24)33-29-13-11-22(20-7-3-1-4-8-20)15-27(29)28-16-23(12-14-30(28)33)21-9-5-2-6-10-21;1-3-7-12(8-4-1)11-13-9-5-2-6-10-13/h1-39H;1-19H;1-10H,11H2. The highest BCUT2D eigenvalue weighted by Gasteiger charge is 2.23. The molecule has 103 heavy (non-hydrogen) atoms. The Bertz CT molecular complexity index is 5450. The molecule has 0 spiro atoms. The predicted octanol–water partition coefficient (Wildman–Crippen LogP) is 30.3. The molecule has 0 aliphatic heterocycles. The van der Waals surface area contributed by atoms with E-state index in [1.807, 2.05) is 0 Å². The van der Waals surface area contributed by atoms with Crippen molar-refractivity contribution >= 4 is 123 Å². The molecule has 2 aromatic heterocycles. The van der Waals surface area contributed by atoms with Gasteiger partial charge in [-0.2, -0.15) is 0 Å². The number of fused-ring (bicyclic) bond motifs is 6. The maximum absolute atomic E-state index is 3.70. The summed E-state index contributed by atoms with van der Waals surface area (Å²) >= 11 is 7.41. The number of anilines is 6. The topological polar surface area (TPSA) is 6.48 Å². The second kappa shape index (κ2) is 30.9. The summed E-state index contributed by atoms with van der Waals surface area (Å²) in [6.45, 7) is 0. The van der Waals surface area contributed by atoms with Gasteiger partial charge in [-0.3, -0.25) is 0 Å². The maximum Gasteiger partial charge on any atom is 0.0491 e. The van der Waals surface area contributed by atoms with Crippen LogP contribution in [0.15, 0.2) is 421 Å². The van der Waals surface area contributed by atoms with Gasteiger partial charge in [0.2, 0.25) is 0 Å². The van der Waals surface area contributed by atoms with Crippen molar-refractivity contribution in [3.8, 4) is 55.1 Å². The summed E-state index contributed by atoms with van der Waals surface area (Å²) in [6.07, 6.45) is 1.03. The Labute approximate surface area is 622 Å². The summed E-state index contributed by atoms with van der Waals surface area (Å²) in [7, 11) is -1.57. The highest BCUT2D eigenvalue weighted by Crippen LogP contribution is 2.60. The molecule has 2 nitrogen and oxygen atoms in total. The molecule has 0 saturated carbocycles. The minimum Gasteiger partial charge on any atom is -0.310 e. The van der Waals surface area contributed by atoms with Crippen molar-refractivity contribution in [3.05, 3.63) is 433 Å². The van der Waals surface area contributed by atoms with E-state index in [1.165, 1.54) is 108 Å². The molecule has 0 fully saturated rings. The van der Waals surface area contributed by atoms with Gasteiger partial charge in [-0.25, -0.2) is 0 Å². The molecule has 2 heterocycles. The second-order valence-corrected chi connectivity index (χ2v) is 31.7. The van der Waals surface area contributed by atoms with E-state index in [1.54, 1.807) is 0 Å². The first-order valence-corrected chi connectivity index (χ1v) is 39.1. The van der Waals surface area contributed by atoms with Crippen molar-refractivity contribution in [3.63, 3.8) is 0 Å². The van der Waals surface area contributed by atoms with Gasteiger partial charge in [0.1, 0.15) is 0 Å². The van der Waals surface area contributed by atoms with E-state index in [9.17, 15) is 0 Å². The van der Waals surface area contributed by atoms with Crippen LogP contribution in [0.1, 0.15) is 11.1 Å². The number of nitrogens with zero attached hydrogens (tertiary/aromatic N) is 2. The number of para-hydroxylation sites is 4. The van der Waals surface area contributed by atoms with Gasteiger partial charge in [-0.1, -0.05) is 326 Å². The SMILES string of the molecule is Brc1cc(Br)cc(-p2c3ccc(-c4ccccc4)cc3c3cc(-c4ccccc4)ccc32)c1.c1ccc(-c2ccc3c(c2)c2cc(-c4ccccc4)ccc2p3-c2cc(N(c3ccccc3)c3ccccc3)cc(N(c3ccccc3)c3ccccc3)c2)cc1.c1ccc(Cc2ccccc2)cc1. The Kier molecular flexibility index (Phi) is 19.9. The summed E-state index contributed by atoms with van der Waals surface area (Å²) in [6, 6.07) is 149. The molecule has 492 valence electrons. The van der Waals surface area contributed by atoms with E-state index in [0.717, 1.165) is 49.5 Å². The van der Waals surface area contributed by atoms with Crippen molar-refractivity contribution in [2.24, 2.45) is 0 Å². The summed E-state index contributed by atoms with van der Waals surface area (Å²) in [5.41, 5.74) is 19.3. The van der Waals surface area contributed by atoms with Gasteiger partial charge in [-0.15, -0.1) is 0 Å². The first-order chi connectivity index (χ1) is 50.9. The number of halogens is 2. The van der Waals surface area contributed by atoms with Crippen LogP contribution in [0.4, 0.5) is 34.1 Å². The highest BCUT2D eigenvalue weighted by molar-refractivity contribution is 9.11. The van der Waals surface area contributed by atoms with Crippen LogP contribution < -0.4 is 9.80 Å². The third kappa shape index (κ3) is 14.6. The van der Waals surface area contributed by atoms with Crippen LogP contribution in [0.5, 0.6) is 0 Å². The lowest BCUT2D eigenvalue weighted by molar-refractivity contribution is 1.19. The van der Waals surface area contributed by atoms with E-state index in [4.69, 9.17) is 0 Å². The van der Waals surface area contributed by atoms with E-state index in [0.29, 0.717) is 0 Å². The van der Waals surface area contributed by atoms with Crippen LogP contribution >= 0.6 is 46.9 Å². The minimum absolute atomic E-state index is 0.627. The van der Waals surface area contributed by atoms with Gasteiger partial charge in [0.15, 0.2) is 0 Å². The highest BCUT2D eigenvalue weighted by atomic mass is 79.9. The summed E-state index contributed by atoms with van der Waals surface area (Å²) in [4.78, 5) is 4.79. The molecule has 16 aromatic carbocycles. The maximum atomic E-state index is 3.70. The Morgan fingerprint density at radius 3 is 0.689 bits per heavy atom. The zero-order valence-corrected chi connectivity index (χ0v) is 61.5. The van der Waals surface area contributed by atoms with E-state index < -0.39 is 15.1 Å². The average Bonchev–Trinajstić information content (AvgIpc) is 1.60. The lowest BCUT2D eigenvalue weighted by Crippen LogP contribution is -2.13. The lowest BCUT2D eigenvalue weighted by atomic mass is 10.0. The third-order valence-corrected chi connectivity index (χ3v) is 24.8. The molecule has 18 aromatic rings. The Hall–Kier alpha value is -11.3. The van der Waals surface area contributed by atoms with Crippen LogP contribution in [0, 0.1) is 0 Å². The molecular formula is C97H70Br2N2P2. The van der Waals surface area contributed by atoms with Crippen molar-refractivity contribution < 1.29 is 0 Å². The van der Waals surface area contributed by atoms with Crippen LogP contribution in [0.3, 0.4) is 0 Å². The fraction of sp³-hybridized carbons (Fsp3) is 0.0103. The van der Waals surface area contributed by atoms with Gasteiger partial charge in [-0.05, 0) is 217 Å². The van der Waals surface area contributed by atoms with Crippen molar-refractivity contribution in [1.82, 2.24) is 0 Å². The molecule has 0 atom stereocenters. The largest absolute Gasteiger partial charge is 0.310 e. The third-order valence-electron chi connectivity index (χ3n) is 18.9. The summed E-state index contributed by atoms with van der Waals surface area (Å²) < 4.78 is 2.21. The van der Waals surface area contributed by atoms with Crippen LogP contribution in [-0.2, 0) is 6.42 Å². The number of hydrogen-bond donors (Lipinski definition) is 0. The van der Waals surface area contributed by atoms with Crippen molar-refractivity contribution in [2.75, 3.05) is 9.80 Å².